The third-order valence-corrected chi connectivity index (χ3v) is 4.13. The molecule has 0 saturated carbocycles. The van der Waals surface area contributed by atoms with Crippen molar-refractivity contribution < 1.29 is 14.3 Å². The van der Waals surface area contributed by atoms with Gasteiger partial charge in [0, 0.05) is 25.8 Å². The number of aromatic nitrogens is 4. The summed E-state index contributed by atoms with van der Waals surface area (Å²) in [6, 6.07) is 14.9. The number of carbonyl (C=O) groups is 1. The lowest BCUT2D eigenvalue weighted by Crippen LogP contribution is -2.33. The maximum absolute atomic E-state index is 13.3. The number of tetrazole rings is 1. The van der Waals surface area contributed by atoms with E-state index in [1.807, 2.05) is 36.4 Å². The van der Waals surface area contributed by atoms with Crippen molar-refractivity contribution in [2.45, 2.75) is 6.54 Å². The van der Waals surface area contributed by atoms with E-state index in [-0.39, 0.29) is 5.91 Å². The van der Waals surface area contributed by atoms with Gasteiger partial charge in [-0.05, 0) is 29.0 Å². The van der Waals surface area contributed by atoms with Gasteiger partial charge in [0.25, 0.3) is 5.91 Å². The van der Waals surface area contributed by atoms with Crippen LogP contribution in [0.2, 0.25) is 0 Å². The highest BCUT2D eigenvalue weighted by Crippen LogP contribution is 2.22. The van der Waals surface area contributed by atoms with Crippen LogP contribution < -0.4 is 4.74 Å². The molecular formula is C19H21N5O3. The summed E-state index contributed by atoms with van der Waals surface area (Å²) in [5, 5.41) is 14.0. The van der Waals surface area contributed by atoms with Gasteiger partial charge in [-0.15, -0.1) is 10.2 Å². The molecule has 2 aromatic carbocycles. The lowest BCUT2D eigenvalue weighted by molar-refractivity contribution is 0.0681. The molecule has 1 amide bonds. The normalized spacial score (nSPS) is 10.6. The molecule has 0 aliphatic rings. The van der Waals surface area contributed by atoms with Gasteiger partial charge in [0.15, 0.2) is 0 Å². The summed E-state index contributed by atoms with van der Waals surface area (Å²) in [4.78, 5) is 15.0. The van der Waals surface area contributed by atoms with E-state index in [1.165, 1.54) is 0 Å². The lowest BCUT2D eigenvalue weighted by atomic mass is 10.1. The Morgan fingerprint density at radius 2 is 1.89 bits per heavy atom. The van der Waals surface area contributed by atoms with E-state index in [9.17, 15) is 4.79 Å². The van der Waals surface area contributed by atoms with Gasteiger partial charge in [-0.25, -0.2) is 0 Å². The summed E-state index contributed by atoms with van der Waals surface area (Å²) in [6.07, 6.45) is 0. The van der Waals surface area contributed by atoms with E-state index in [0.717, 1.165) is 11.3 Å². The molecule has 8 nitrogen and oxygen atoms in total. The number of hydrogen-bond acceptors (Lipinski definition) is 6. The standard InChI is InChI=1S/C19H21N5O3/c1-26-12-11-24(13-14-7-9-15(27-2)10-8-14)19(25)17-6-4-3-5-16(17)18-20-22-23-21-18/h3-10H,11-13H2,1-2H3,(H,20,21,22,23). The quantitative estimate of drug-likeness (QED) is 0.656. The summed E-state index contributed by atoms with van der Waals surface area (Å²) in [5.74, 6) is 1.04. The number of rotatable bonds is 8. The number of carbonyl (C=O) groups excluding carboxylic acids is 1. The van der Waals surface area contributed by atoms with Crippen LogP contribution in [0.25, 0.3) is 11.4 Å². The van der Waals surface area contributed by atoms with Crippen LogP contribution in [-0.4, -0.2) is 58.8 Å². The number of amides is 1. The highest BCUT2D eigenvalue weighted by atomic mass is 16.5. The average Bonchev–Trinajstić information content (AvgIpc) is 3.26. The van der Waals surface area contributed by atoms with Crippen LogP contribution in [0.3, 0.4) is 0 Å². The highest BCUT2D eigenvalue weighted by Gasteiger charge is 2.21. The van der Waals surface area contributed by atoms with Gasteiger partial charge in [-0.2, -0.15) is 5.21 Å². The van der Waals surface area contributed by atoms with E-state index >= 15 is 0 Å². The summed E-state index contributed by atoms with van der Waals surface area (Å²) < 4.78 is 10.4. The Morgan fingerprint density at radius 3 is 2.56 bits per heavy atom. The van der Waals surface area contributed by atoms with Crippen molar-refractivity contribution in [3.05, 3.63) is 59.7 Å². The Kier molecular flexibility index (Phi) is 6.11. The van der Waals surface area contributed by atoms with Crippen LogP contribution in [-0.2, 0) is 11.3 Å². The Morgan fingerprint density at radius 1 is 1.11 bits per heavy atom. The molecule has 3 aromatic rings. The van der Waals surface area contributed by atoms with Crippen LogP contribution in [0.5, 0.6) is 5.75 Å². The van der Waals surface area contributed by atoms with Crippen LogP contribution in [0.4, 0.5) is 0 Å². The van der Waals surface area contributed by atoms with E-state index in [4.69, 9.17) is 9.47 Å². The minimum Gasteiger partial charge on any atom is -0.497 e. The topological polar surface area (TPSA) is 93.2 Å². The molecule has 0 spiro atoms. The van der Waals surface area contributed by atoms with Gasteiger partial charge < -0.3 is 14.4 Å². The van der Waals surface area contributed by atoms with E-state index in [2.05, 4.69) is 20.6 Å². The van der Waals surface area contributed by atoms with Gasteiger partial charge in [0.1, 0.15) is 5.75 Å². The van der Waals surface area contributed by atoms with Gasteiger partial charge in [-0.3, -0.25) is 4.79 Å². The number of methoxy groups -OCH3 is 2. The van der Waals surface area contributed by atoms with Crippen LogP contribution >= 0.6 is 0 Å². The molecule has 0 aliphatic carbocycles. The summed E-state index contributed by atoms with van der Waals surface area (Å²) in [7, 11) is 3.24. The predicted octanol–water partition coefficient (Wildman–Crippen LogP) is 2.16. The largest absolute Gasteiger partial charge is 0.497 e. The minimum atomic E-state index is -0.122. The molecule has 0 atom stereocenters. The predicted molar refractivity (Wildman–Crippen MR) is 99.2 cm³/mol. The Hall–Kier alpha value is -3.26. The smallest absolute Gasteiger partial charge is 0.254 e. The number of benzene rings is 2. The van der Waals surface area contributed by atoms with Crippen molar-refractivity contribution >= 4 is 5.91 Å². The van der Waals surface area contributed by atoms with Crippen molar-refractivity contribution in [2.24, 2.45) is 0 Å². The Bertz CT molecular complexity index is 865. The molecule has 0 bridgehead atoms. The molecule has 1 aromatic heterocycles. The van der Waals surface area contributed by atoms with Gasteiger partial charge in [0.05, 0.1) is 19.3 Å². The summed E-state index contributed by atoms with van der Waals surface area (Å²) in [6.45, 7) is 1.35. The van der Waals surface area contributed by atoms with Crippen molar-refractivity contribution in [1.82, 2.24) is 25.5 Å². The number of nitrogens with zero attached hydrogens (tertiary/aromatic N) is 4. The molecule has 1 heterocycles. The van der Waals surface area contributed by atoms with Crippen LogP contribution in [0.1, 0.15) is 15.9 Å². The first-order valence-electron chi connectivity index (χ1n) is 8.47. The van der Waals surface area contributed by atoms with E-state index in [1.54, 1.807) is 31.3 Å². The molecule has 8 heteroatoms. The second kappa shape index (κ2) is 8.91. The van der Waals surface area contributed by atoms with Gasteiger partial charge >= 0.3 is 0 Å². The zero-order valence-corrected chi connectivity index (χ0v) is 15.3. The molecular weight excluding hydrogens is 346 g/mol. The SMILES string of the molecule is COCCN(Cc1ccc(OC)cc1)C(=O)c1ccccc1-c1nn[nH]n1. The van der Waals surface area contributed by atoms with Crippen molar-refractivity contribution in [3.63, 3.8) is 0 Å². The summed E-state index contributed by atoms with van der Waals surface area (Å²) in [5.41, 5.74) is 2.15. The molecule has 0 radical (unpaired) electrons. The second-order valence-electron chi connectivity index (χ2n) is 5.85. The van der Waals surface area contributed by atoms with Gasteiger partial charge in [0.2, 0.25) is 5.82 Å². The third-order valence-electron chi connectivity index (χ3n) is 4.13. The van der Waals surface area contributed by atoms with Gasteiger partial charge in [-0.1, -0.05) is 30.3 Å². The maximum Gasteiger partial charge on any atom is 0.254 e. The van der Waals surface area contributed by atoms with Crippen molar-refractivity contribution in [3.8, 4) is 17.1 Å². The fourth-order valence-electron chi connectivity index (χ4n) is 2.72. The molecule has 0 saturated heterocycles. The third kappa shape index (κ3) is 4.48. The van der Waals surface area contributed by atoms with Crippen molar-refractivity contribution in [1.29, 1.82) is 0 Å². The van der Waals surface area contributed by atoms with E-state index < -0.39 is 0 Å². The Balaban J connectivity index is 1.87. The zero-order valence-electron chi connectivity index (χ0n) is 15.3. The Labute approximate surface area is 157 Å². The molecule has 0 fully saturated rings. The fraction of sp³-hybridized carbons (Fsp3) is 0.263. The van der Waals surface area contributed by atoms with Crippen molar-refractivity contribution in [2.75, 3.05) is 27.4 Å². The molecule has 140 valence electrons. The number of H-pyrrole nitrogens is 1. The fourth-order valence-corrected chi connectivity index (χ4v) is 2.72. The number of aromatic amines is 1. The molecule has 27 heavy (non-hydrogen) atoms. The molecule has 0 unspecified atom stereocenters. The molecule has 0 aliphatic heterocycles. The first-order valence-corrected chi connectivity index (χ1v) is 8.47. The second-order valence-corrected chi connectivity index (χ2v) is 5.85. The van der Waals surface area contributed by atoms with Crippen LogP contribution in [0.15, 0.2) is 48.5 Å². The number of hydrogen-bond donors (Lipinski definition) is 1. The summed E-state index contributed by atoms with van der Waals surface area (Å²) >= 11 is 0. The first kappa shape index (κ1) is 18.5. The number of nitrogens with one attached hydrogen (secondary N) is 1. The lowest BCUT2D eigenvalue weighted by Gasteiger charge is -2.23. The average molecular weight is 367 g/mol. The highest BCUT2D eigenvalue weighted by molar-refractivity contribution is 6.00. The first-order chi connectivity index (χ1) is 13.2. The monoisotopic (exact) mass is 367 g/mol. The molecule has 1 N–H and O–H groups in total. The van der Waals surface area contributed by atoms with Crippen LogP contribution in [0, 0.1) is 0 Å². The molecule has 3 rings (SSSR count). The number of ether oxygens (including phenoxy) is 2. The van der Waals surface area contributed by atoms with E-state index in [0.29, 0.717) is 36.6 Å². The maximum atomic E-state index is 13.3. The minimum absolute atomic E-state index is 0.122. The zero-order chi connectivity index (χ0) is 19.1.